The second-order valence-corrected chi connectivity index (χ2v) is 14.6. The molecule has 0 atom stereocenters. The quantitative estimate of drug-likeness (QED) is 0.114. The fourth-order valence-corrected chi connectivity index (χ4v) is 6.36. The Bertz CT molecular complexity index is 2560. The van der Waals surface area contributed by atoms with Crippen LogP contribution in [0, 0.1) is 18.3 Å². The maximum absolute atomic E-state index is 13.5. The number of aldehydes is 1. The van der Waals surface area contributed by atoms with Crippen molar-refractivity contribution in [2.45, 2.75) is 53.1 Å². The van der Waals surface area contributed by atoms with Gasteiger partial charge in [0.25, 0.3) is 5.56 Å². The number of benzene rings is 3. The summed E-state index contributed by atoms with van der Waals surface area (Å²) in [6, 6.07) is 24.5. The predicted octanol–water partition coefficient (Wildman–Crippen LogP) is 7.96. The molecule has 290 valence electrons. The van der Waals surface area contributed by atoms with Crippen molar-refractivity contribution in [2.75, 3.05) is 13.2 Å². The van der Waals surface area contributed by atoms with E-state index in [1.54, 1.807) is 45.3 Å². The first kappa shape index (κ1) is 40.1. The summed E-state index contributed by atoms with van der Waals surface area (Å²) >= 11 is 6.52. The highest BCUT2D eigenvalue weighted by atomic mass is 35.5. The monoisotopic (exact) mass is 785 g/mol. The van der Waals surface area contributed by atoms with Crippen molar-refractivity contribution in [1.29, 1.82) is 5.26 Å². The molecule has 57 heavy (non-hydrogen) atoms. The molecule has 0 radical (unpaired) electrons. The molecule has 1 N–H and O–H groups in total. The third-order valence-corrected chi connectivity index (χ3v) is 9.30. The normalized spacial score (nSPS) is 11.2. The summed E-state index contributed by atoms with van der Waals surface area (Å²) in [6.45, 7) is 7.20. The first-order valence-electron chi connectivity index (χ1n) is 18.0. The Balaban J connectivity index is 1.20. The van der Waals surface area contributed by atoms with Gasteiger partial charge in [-0.15, -0.1) is 0 Å². The summed E-state index contributed by atoms with van der Waals surface area (Å²) in [7, 11) is 0. The number of hydrogen-bond donors (Lipinski definition) is 1. The highest BCUT2D eigenvalue weighted by Crippen LogP contribution is 2.35. The molecule has 1 amide bonds. The number of carbonyl (C=O) groups is 2. The molecule has 0 spiro atoms. The van der Waals surface area contributed by atoms with Gasteiger partial charge in [0.2, 0.25) is 0 Å². The van der Waals surface area contributed by atoms with Crippen molar-refractivity contribution < 1.29 is 28.9 Å². The lowest BCUT2D eigenvalue weighted by atomic mass is 9.94. The number of halogens is 1. The van der Waals surface area contributed by atoms with E-state index in [0.717, 1.165) is 33.4 Å². The number of hydrogen-bond acceptors (Lipinski definition) is 10. The molecule has 0 aliphatic heterocycles. The van der Waals surface area contributed by atoms with Crippen LogP contribution >= 0.6 is 11.6 Å². The Kier molecular flexibility index (Phi) is 12.3. The minimum atomic E-state index is -0.734. The summed E-state index contributed by atoms with van der Waals surface area (Å²) in [4.78, 5) is 47.9. The highest BCUT2D eigenvalue weighted by Gasteiger charge is 2.23. The molecule has 0 saturated heterocycles. The zero-order valence-corrected chi connectivity index (χ0v) is 32.6. The third kappa shape index (κ3) is 9.64. The van der Waals surface area contributed by atoms with Gasteiger partial charge < -0.3 is 24.2 Å². The Hall–Kier alpha value is -6.55. The summed E-state index contributed by atoms with van der Waals surface area (Å²) < 4.78 is 19.0. The molecule has 6 rings (SSSR count). The van der Waals surface area contributed by atoms with Gasteiger partial charge in [0.05, 0.1) is 34.9 Å². The van der Waals surface area contributed by atoms with Crippen LogP contribution in [0.15, 0.2) is 102 Å². The number of nitrogens with zero attached hydrogens (tertiary/aromatic N) is 5. The van der Waals surface area contributed by atoms with Gasteiger partial charge in [-0.1, -0.05) is 48.0 Å². The van der Waals surface area contributed by atoms with E-state index in [2.05, 4.69) is 16.0 Å². The van der Waals surface area contributed by atoms with Crippen molar-refractivity contribution >= 4 is 29.6 Å². The van der Waals surface area contributed by atoms with Crippen LogP contribution in [-0.2, 0) is 24.5 Å². The summed E-state index contributed by atoms with van der Waals surface area (Å²) in [6.07, 6.45) is 6.19. The lowest BCUT2D eigenvalue weighted by molar-refractivity contribution is 0.0200. The van der Waals surface area contributed by atoms with Crippen LogP contribution in [0.25, 0.3) is 27.9 Å². The van der Waals surface area contributed by atoms with Crippen LogP contribution in [0.3, 0.4) is 0 Å². The van der Waals surface area contributed by atoms with E-state index in [9.17, 15) is 24.8 Å². The molecular formula is C44H40ClN5O7. The van der Waals surface area contributed by atoms with Crippen LogP contribution in [0.1, 0.15) is 58.9 Å². The predicted molar refractivity (Wildman–Crippen MR) is 215 cm³/mol. The minimum absolute atomic E-state index is 0.00339. The zero-order chi connectivity index (χ0) is 40.7. The molecule has 13 heteroatoms. The zero-order valence-electron chi connectivity index (χ0n) is 31.9. The number of ether oxygens (including phenoxy) is 3. The first-order valence-corrected chi connectivity index (χ1v) is 18.4. The van der Waals surface area contributed by atoms with Gasteiger partial charge in [0, 0.05) is 43.0 Å². The molecular weight excluding hydrogens is 746 g/mol. The smallest absolute Gasteiger partial charge is 0.410 e. The average Bonchev–Trinajstić information content (AvgIpc) is 3.20. The molecule has 0 bridgehead atoms. The molecule has 3 heterocycles. The van der Waals surface area contributed by atoms with Gasteiger partial charge >= 0.3 is 6.09 Å². The number of aromatic nitrogens is 3. The number of nitriles is 1. The molecule has 0 aliphatic carbocycles. The van der Waals surface area contributed by atoms with Crippen molar-refractivity contribution in [3.05, 3.63) is 146 Å². The van der Waals surface area contributed by atoms with Crippen LogP contribution in [0.2, 0.25) is 5.02 Å². The van der Waals surface area contributed by atoms with Crippen LogP contribution in [0.4, 0.5) is 4.79 Å². The van der Waals surface area contributed by atoms with Gasteiger partial charge in [0.1, 0.15) is 42.0 Å². The number of rotatable bonds is 13. The molecule has 3 aromatic carbocycles. The standard InChI is InChI=1S/C44H40ClN5O7/c1-28-34(27-56-40-19-39(35(25-52)17-38(40)45)55-26-30-15-29(20-46)21-47-22-30)9-6-10-37(28)33-8-5-7-31(16-33)32-11-12-50-41(18-32)48-23-36(42(50)53)24-49(13-14-51)43(54)57-44(2,3)4/h5-12,15-19,21-23,25,51H,13-14,24,26-27H2,1-4H3. The second-order valence-electron chi connectivity index (χ2n) is 14.2. The molecule has 12 nitrogen and oxygen atoms in total. The van der Waals surface area contributed by atoms with E-state index in [-0.39, 0.29) is 60.4 Å². The van der Waals surface area contributed by atoms with Crippen molar-refractivity contribution in [2.24, 2.45) is 0 Å². The molecule has 0 fully saturated rings. The van der Waals surface area contributed by atoms with Crippen molar-refractivity contribution in [1.82, 2.24) is 19.3 Å². The molecule has 6 aromatic rings. The van der Waals surface area contributed by atoms with E-state index in [0.29, 0.717) is 28.8 Å². The highest BCUT2D eigenvalue weighted by molar-refractivity contribution is 6.32. The Morgan fingerprint density at radius 2 is 1.70 bits per heavy atom. The largest absolute Gasteiger partial charge is 0.488 e. The Morgan fingerprint density at radius 1 is 0.947 bits per heavy atom. The van der Waals surface area contributed by atoms with Crippen LogP contribution < -0.4 is 15.0 Å². The van der Waals surface area contributed by atoms with Gasteiger partial charge in [-0.05, 0) is 91.4 Å². The second kappa shape index (κ2) is 17.5. The number of aliphatic hydroxyl groups is 1. The van der Waals surface area contributed by atoms with Gasteiger partial charge in [-0.3, -0.25) is 19.0 Å². The number of amides is 1. The van der Waals surface area contributed by atoms with Gasteiger partial charge in [-0.25, -0.2) is 9.78 Å². The van der Waals surface area contributed by atoms with Gasteiger partial charge in [-0.2, -0.15) is 5.26 Å². The van der Waals surface area contributed by atoms with Crippen molar-refractivity contribution in [3.63, 3.8) is 0 Å². The maximum Gasteiger partial charge on any atom is 0.410 e. The van der Waals surface area contributed by atoms with E-state index in [1.165, 1.54) is 27.8 Å². The van der Waals surface area contributed by atoms with Crippen molar-refractivity contribution in [3.8, 4) is 39.8 Å². The maximum atomic E-state index is 13.5. The molecule has 0 aliphatic rings. The average molecular weight is 786 g/mol. The van der Waals surface area contributed by atoms with E-state index in [1.807, 2.05) is 61.5 Å². The SMILES string of the molecule is Cc1c(COc2cc(OCc3cncc(C#N)c3)c(C=O)cc2Cl)cccc1-c1cccc(-c2ccn3c(=O)c(CN(CCO)C(=O)OC(C)(C)C)cnc3c2)c1. The fourth-order valence-electron chi connectivity index (χ4n) is 6.13. The molecule has 0 saturated carbocycles. The minimum Gasteiger partial charge on any atom is -0.488 e. The number of aliphatic hydroxyl groups excluding tert-OH is 1. The van der Waals surface area contributed by atoms with E-state index < -0.39 is 11.7 Å². The summed E-state index contributed by atoms with van der Waals surface area (Å²) in [5.74, 6) is 0.626. The molecule has 3 aromatic heterocycles. The van der Waals surface area contributed by atoms with Gasteiger partial charge in [0.15, 0.2) is 6.29 Å². The van der Waals surface area contributed by atoms with Crippen LogP contribution in [-0.4, -0.2) is 55.5 Å². The Labute approximate surface area is 334 Å². The first-order chi connectivity index (χ1) is 27.4. The summed E-state index contributed by atoms with van der Waals surface area (Å²) in [5, 5.41) is 19.0. The van der Waals surface area contributed by atoms with E-state index >= 15 is 0 Å². The fraction of sp³-hybridized carbons (Fsp3) is 0.227. The number of carbonyl (C=O) groups excluding carboxylic acids is 2. The summed E-state index contributed by atoms with van der Waals surface area (Å²) in [5.41, 5.74) is 6.64. The lowest BCUT2D eigenvalue weighted by Gasteiger charge is -2.26. The van der Waals surface area contributed by atoms with E-state index in [4.69, 9.17) is 25.8 Å². The Morgan fingerprint density at radius 3 is 2.46 bits per heavy atom. The molecule has 0 unspecified atom stereocenters. The number of pyridine rings is 2. The van der Waals surface area contributed by atoms with Crippen LogP contribution in [0.5, 0.6) is 11.5 Å². The third-order valence-electron chi connectivity index (χ3n) is 9.01. The number of fused-ring (bicyclic) bond motifs is 1. The lowest BCUT2D eigenvalue weighted by Crippen LogP contribution is -2.39. The topological polar surface area (TPSA) is 156 Å².